The van der Waals surface area contributed by atoms with Crippen LogP contribution in [0.4, 0.5) is 0 Å². The molecule has 0 fully saturated rings. The van der Waals surface area contributed by atoms with Crippen molar-refractivity contribution in [2.75, 3.05) is 18.6 Å². The van der Waals surface area contributed by atoms with E-state index in [9.17, 15) is 9.59 Å². The van der Waals surface area contributed by atoms with E-state index in [1.54, 1.807) is 23.3 Å². The predicted molar refractivity (Wildman–Crippen MR) is 81.1 cm³/mol. The van der Waals surface area contributed by atoms with Gasteiger partial charge in [-0.15, -0.1) is 23.1 Å². The van der Waals surface area contributed by atoms with E-state index >= 15 is 0 Å². The molecule has 0 aliphatic heterocycles. The van der Waals surface area contributed by atoms with Crippen molar-refractivity contribution in [3.8, 4) is 0 Å². The average molecular weight is 310 g/mol. The molecule has 0 aliphatic rings. The molecule has 0 radical (unpaired) electrons. The molecule has 0 bridgehead atoms. The summed E-state index contributed by atoms with van der Waals surface area (Å²) in [5.74, 6) is -0.874. The third-order valence-corrected chi connectivity index (χ3v) is 4.51. The number of benzene rings is 1. The Morgan fingerprint density at radius 3 is 2.80 bits per heavy atom. The highest BCUT2D eigenvalue weighted by Gasteiger charge is 2.12. The maximum Gasteiger partial charge on any atom is 0.313 e. The molecule has 1 heterocycles. The number of carboxylic acids is 1. The van der Waals surface area contributed by atoms with Crippen LogP contribution in [-0.4, -0.2) is 45.4 Å². The van der Waals surface area contributed by atoms with E-state index in [1.165, 1.54) is 0 Å². The summed E-state index contributed by atoms with van der Waals surface area (Å²) in [6.45, 7) is 0.450. The number of thiazole rings is 1. The van der Waals surface area contributed by atoms with E-state index in [-0.39, 0.29) is 17.4 Å². The van der Waals surface area contributed by atoms with Gasteiger partial charge in [0.05, 0.1) is 28.3 Å². The number of para-hydroxylation sites is 1. The van der Waals surface area contributed by atoms with Crippen LogP contribution in [0, 0.1) is 0 Å². The molecule has 5 nitrogen and oxygen atoms in total. The number of thioether (sulfide) groups is 1. The standard InChI is InChI=1S/C13H14N2O3S2/c1-15(12(16)7-19-8-13(17)18)6-11-14-9-4-2-3-5-10(9)20-11/h2-5H,6-8H2,1H3,(H,17,18). The summed E-state index contributed by atoms with van der Waals surface area (Å²) in [5, 5.41) is 9.41. The second-order valence-corrected chi connectivity index (χ2v) is 6.31. The minimum Gasteiger partial charge on any atom is -0.481 e. The highest BCUT2D eigenvalue weighted by atomic mass is 32.2. The van der Waals surface area contributed by atoms with Crippen molar-refractivity contribution in [1.29, 1.82) is 0 Å². The Morgan fingerprint density at radius 2 is 2.10 bits per heavy atom. The van der Waals surface area contributed by atoms with Crippen LogP contribution in [-0.2, 0) is 16.1 Å². The number of rotatable bonds is 6. The number of aromatic nitrogens is 1. The fourth-order valence-electron chi connectivity index (χ4n) is 1.61. The second-order valence-electron chi connectivity index (χ2n) is 4.21. The first-order valence-corrected chi connectivity index (χ1v) is 7.91. The normalized spacial score (nSPS) is 10.7. The molecule has 0 spiro atoms. The first-order valence-electron chi connectivity index (χ1n) is 5.94. The quantitative estimate of drug-likeness (QED) is 0.884. The van der Waals surface area contributed by atoms with E-state index in [4.69, 9.17) is 5.11 Å². The summed E-state index contributed by atoms with van der Waals surface area (Å²) in [5.41, 5.74) is 0.939. The number of nitrogens with zero attached hydrogens (tertiary/aromatic N) is 2. The minimum atomic E-state index is -0.906. The van der Waals surface area contributed by atoms with Gasteiger partial charge in [0.15, 0.2) is 0 Å². The lowest BCUT2D eigenvalue weighted by Crippen LogP contribution is -2.28. The SMILES string of the molecule is CN(Cc1nc2ccccc2s1)C(=O)CSCC(=O)O. The monoisotopic (exact) mass is 310 g/mol. The lowest BCUT2D eigenvalue weighted by atomic mass is 10.3. The van der Waals surface area contributed by atoms with Crippen molar-refractivity contribution >= 4 is 45.2 Å². The number of carbonyl (C=O) groups is 2. The number of carbonyl (C=O) groups excluding carboxylic acids is 1. The molecule has 1 N–H and O–H groups in total. The van der Waals surface area contributed by atoms with Crippen LogP contribution in [0.2, 0.25) is 0 Å². The molecule has 7 heteroatoms. The van der Waals surface area contributed by atoms with Crippen molar-refractivity contribution in [3.63, 3.8) is 0 Å². The summed E-state index contributed by atoms with van der Waals surface area (Å²) in [4.78, 5) is 28.3. The Hall–Kier alpha value is -1.60. The zero-order chi connectivity index (χ0) is 14.5. The molecule has 1 aromatic heterocycles. The lowest BCUT2D eigenvalue weighted by Gasteiger charge is -2.14. The molecule has 0 saturated heterocycles. The molecule has 2 aromatic rings. The number of aliphatic carboxylic acids is 1. The van der Waals surface area contributed by atoms with Crippen molar-refractivity contribution in [2.24, 2.45) is 0 Å². The van der Waals surface area contributed by atoms with Crippen LogP contribution >= 0.6 is 23.1 Å². The van der Waals surface area contributed by atoms with Gasteiger partial charge in [-0.2, -0.15) is 0 Å². The highest BCUT2D eigenvalue weighted by molar-refractivity contribution is 8.00. The van der Waals surface area contributed by atoms with Gasteiger partial charge >= 0.3 is 5.97 Å². The van der Waals surface area contributed by atoms with Gasteiger partial charge in [0, 0.05) is 7.05 Å². The smallest absolute Gasteiger partial charge is 0.313 e. The lowest BCUT2D eigenvalue weighted by molar-refractivity contribution is -0.133. The largest absolute Gasteiger partial charge is 0.481 e. The first kappa shape index (κ1) is 14.8. The summed E-state index contributed by atoms with van der Waals surface area (Å²) in [7, 11) is 1.70. The Kier molecular flexibility index (Phi) is 4.97. The van der Waals surface area contributed by atoms with Crippen molar-refractivity contribution in [1.82, 2.24) is 9.88 Å². The fourth-order valence-corrected chi connectivity index (χ4v) is 3.31. The van der Waals surface area contributed by atoms with Gasteiger partial charge in [0.1, 0.15) is 5.01 Å². The maximum absolute atomic E-state index is 11.8. The molecule has 106 valence electrons. The van der Waals surface area contributed by atoms with Crippen LogP contribution in [0.5, 0.6) is 0 Å². The topological polar surface area (TPSA) is 70.5 Å². The van der Waals surface area contributed by atoms with Crippen LogP contribution < -0.4 is 0 Å². The van der Waals surface area contributed by atoms with Gasteiger partial charge in [-0.1, -0.05) is 12.1 Å². The molecular formula is C13H14N2O3S2. The van der Waals surface area contributed by atoms with Gasteiger partial charge in [-0.25, -0.2) is 4.98 Å². The van der Waals surface area contributed by atoms with Gasteiger partial charge in [-0.3, -0.25) is 9.59 Å². The van der Waals surface area contributed by atoms with Gasteiger partial charge in [0.2, 0.25) is 5.91 Å². The van der Waals surface area contributed by atoms with E-state index < -0.39 is 5.97 Å². The van der Waals surface area contributed by atoms with E-state index in [2.05, 4.69) is 4.98 Å². The first-order chi connectivity index (χ1) is 9.56. The van der Waals surface area contributed by atoms with E-state index in [0.717, 1.165) is 27.0 Å². The maximum atomic E-state index is 11.8. The fraction of sp³-hybridized carbons (Fsp3) is 0.308. The number of amides is 1. The van der Waals surface area contributed by atoms with E-state index in [0.29, 0.717) is 6.54 Å². The molecule has 0 saturated carbocycles. The molecule has 0 atom stereocenters. The number of hydrogen-bond donors (Lipinski definition) is 1. The summed E-state index contributed by atoms with van der Waals surface area (Å²) in [6.07, 6.45) is 0. The molecule has 2 rings (SSSR count). The van der Waals surface area contributed by atoms with Crippen LogP contribution in [0.25, 0.3) is 10.2 Å². The van der Waals surface area contributed by atoms with Crippen molar-refractivity contribution in [2.45, 2.75) is 6.54 Å². The highest BCUT2D eigenvalue weighted by Crippen LogP contribution is 2.22. The summed E-state index contributed by atoms with van der Waals surface area (Å²) >= 11 is 2.67. The average Bonchev–Trinajstić information content (AvgIpc) is 2.80. The Balaban J connectivity index is 1.91. The molecule has 20 heavy (non-hydrogen) atoms. The molecule has 1 aromatic carbocycles. The number of carboxylic acid groups (broad SMARTS) is 1. The zero-order valence-electron chi connectivity index (χ0n) is 10.9. The van der Waals surface area contributed by atoms with Crippen LogP contribution in [0.3, 0.4) is 0 Å². The Morgan fingerprint density at radius 1 is 1.35 bits per heavy atom. The molecular weight excluding hydrogens is 296 g/mol. The van der Waals surface area contributed by atoms with Gasteiger partial charge in [0.25, 0.3) is 0 Å². The summed E-state index contributed by atoms with van der Waals surface area (Å²) < 4.78 is 1.10. The number of fused-ring (bicyclic) bond motifs is 1. The second kappa shape index (κ2) is 6.71. The van der Waals surface area contributed by atoms with Crippen LogP contribution in [0.1, 0.15) is 5.01 Å². The predicted octanol–water partition coefficient (Wildman–Crippen LogP) is 2.07. The van der Waals surface area contributed by atoms with Crippen molar-refractivity contribution in [3.05, 3.63) is 29.3 Å². The zero-order valence-corrected chi connectivity index (χ0v) is 12.5. The number of hydrogen-bond acceptors (Lipinski definition) is 5. The Labute approximate surface area is 124 Å². The van der Waals surface area contributed by atoms with Crippen molar-refractivity contribution < 1.29 is 14.7 Å². The molecule has 0 aliphatic carbocycles. The van der Waals surface area contributed by atoms with E-state index in [1.807, 2.05) is 24.3 Å². The minimum absolute atomic E-state index is 0.0548. The molecule has 0 unspecified atom stereocenters. The van der Waals surface area contributed by atoms with Gasteiger partial charge < -0.3 is 10.0 Å². The third kappa shape index (κ3) is 3.94. The Bertz CT molecular complexity index is 594. The summed E-state index contributed by atoms with van der Waals surface area (Å²) in [6, 6.07) is 7.84. The van der Waals surface area contributed by atoms with Crippen LogP contribution in [0.15, 0.2) is 24.3 Å². The van der Waals surface area contributed by atoms with Gasteiger partial charge in [-0.05, 0) is 12.1 Å². The molecule has 1 amide bonds. The third-order valence-electron chi connectivity index (χ3n) is 2.59.